The number of hydrogen-bond donors (Lipinski definition) is 3. The van der Waals surface area contributed by atoms with Crippen LogP contribution in [0.3, 0.4) is 0 Å². The number of benzene rings is 3. The maximum atomic E-state index is 11.8. The van der Waals surface area contributed by atoms with Gasteiger partial charge in [0.1, 0.15) is 0 Å². The largest absolute Gasteiger partial charge is 0.278 e. The number of nitrogens with zero attached hydrogens (tertiary/aromatic N) is 1. The van der Waals surface area contributed by atoms with Crippen LogP contribution in [0, 0.1) is 0 Å². The highest BCUT2D eigenvalue weighted by Crippen LogP contribution is 2.39. The van der Waals surface area contributed by atoms with Gasteiger partial charge in [-0.05, 0) is 47.5 Å². The second-order valence-corrected chi connectivity index (χ2v) is 9.57. The van der Waals surface area contributed by atoms with E-state index in [1.165, 1.54) is 24.3 Å². The van der Waals surface area contributed by atoms with E-state index >= 15 is 0 Å². The van der Waals surface area contributed by atoms with Gasteiger partial charge in [0.25, 0.3) is 0 Å². The van der Waals surface area contributed by atoms with Crippen LogP contribution < -0.4 is 15.7 Å². The van der Waals surface area contributed by atoms with Gasteiger partial charge in [-0.25, -0.2) is 27.1 Å². The summed E-state index contributed by atoms with van der Waals surface area (Å²) in [5, 5.41) is 15.0. The molecule has 0 unspecified atom stereocenters. The highest BCUT2D eigenvalue weighted by Gasteiger charge is 2.28. The number of fused-ring (bicyclic) bond motifs is 3. The normalized spacial score (nSPS) is 13.0. The third kappa shape index (κ3) is 3.66. The van der Waals surface area contributed by atoms with Crippen molar-refractivity contribution in [3.63, 3.8) is 0 Å². The molecule has 148 valence electrons. The van der Waals surface area contributed by atoms with Crippen LogP contribution >= 0.6 is 0 Å². The monoisotopic (exact) mass is 428 g/mol. The van der Waals surface area contributed by atoms with Crippen LogP contribution in [0.4, 0.5) is 5.69 Å². The second-order valence-electron chi connectivity index (χ2n) is 6.44. The molecule has 0 spiro atoms. The number of para-hydroxylation sites is 1. The van der Waals surface area contributed by atoms with E-state index in [2.05, 4.69) is 10.5 Å². The number of rotatable bonds is 4. The Hall–Kier alpha value is -3.05. The molecule has 10 heteroatoms. The molecule has 0 atom stereocenters. The smallest absolute Gasteiger partial charge is 0.238 e. The average Bonchev–Trinajstić information content (AvgIpc) is 2.98. The molecule has 0 bridgehead atoms. The molecule has 0 aliphatic heterocycles. The molecule has 0 saturated heterocycles. The van der Waals surface area contributed by atoms with Gasteiger partial charge in [0.15, 0.2) is 0 Å². The van der Waals surface area contributed by atoms with Crippen LogP contribution in [0.5, 0.6) is 0 Å². The molecule has 0 aromatic heterocycles. The summed E-state index contributed by atoms with van der Waals surface area (Å²) < 4.78 is 47.2. The van der Waals surface area contributed by atoms with Crippen LogP contribution in [-0.2, 0) is 20.0 Å². The molecule has 1 aliphatic rings. The molecule has 5 N–H and O–H groups in total. The van der Waals surface area contributed by atoms with Crippen LogP contribution in [0.1, 0.15) is 11.1 Å². The Bertz CT molecular complexity index is 1280. The van der Waals surface area contributed by atoms with Crippen molar-refractivity contribution in [1.82, 2.24) is 0 Å². The Kier molecular flexibility index (Phi) is 4.50. The second kappa shape index (κ2) is 6.78. The molecule has 3 aromatic carbocycles. The van der Waals surface area contributed by atoms with Crippen molar-refractivity contribution in [2.24, 2.45) is 15.4 Å². The standard InChI is InChI=1S/C19H16N4O4S2/c20-28(24,25)13-6-8-15-16-9-7-14(29(21,26)27)11-18(16)19(17(15)10-13)23-22-12-4-2-1-3-5-12/h1-11,22H,(H2,20,24,25)(H2,21,26,27). The first-order valence-electron chi connectivity index (χ1n) is 8.38. The van der Waals surface area contributed by atoms with Crippen molar-refractivity contribution in [3.8, 4) is 11.1 Å². The number of nitrogens with two attached hydrogens (primary N) is 2. The lowest BCUT2D eigenvalue weighted by atomic mass is 10.1. The first-order chi connectivity index (χ1) is 13.6. The molecule has 1 aliphatic carbocycles. The van der Waals surface area contributed by atoms with Crippen LogP contribution in [-0.4, -0.2) is 22.5 Å². The van der Waals surface area contributed by atoms with Gasteiger partial charge >= 0.3 is 0 Å². The van der Waals surface area contributed by atoms with Crippen molar-refractivity contribution >= 4 is 31.4 Å². The Balaban J connectivity index is 1.93. The minimum Gasteiger partial charge on any atom is -0.278 e. The summed E-state index contributed by atoms with van der Waals surface area (Å²) in [5.74, 6) is 0. The lowest BCUT2D eigenvalue weighted by Gasteiger charge is -2.06. The van der Waals surface area contributed by atoms with Crippen molar-refractivity contribution in [1.29, 1.82) is 0 Å². The van der Waals surface area contributed by atoms with E-state index in [4.69, 9.17) is 10.3 Å². The molecular formula is C19H16N4O4S2. The maximum absolute atomic E-state index is 11.8. The Labute approximate surface area is 168 Å². The summed E-state index contributed by atoms with van der Waals surface area (Å²) in [7, 11) is -7.85. The molecule has 3 aromatic rings. The zero-order chi connectivity index (χ0) is 20.8. The molecule has 29 heavy (non-hydrogen) atoms. The molecule has 0 saturated carbocycles. The van der Waals surface area contributed by atoms with Crippen molar-refractivity contribution < 1.29 is 16.8 Å². The van der Waals surface area contributed by atoms with E-state index in [1.54, 1.807) is 12.1 Å². The van der Waals surface area contributed by atoms with Gasteiger partial charge in [-0.3, -0.25) is 5.43 Å². The van der Waals surface area contributed by atoms with E-state index in [0.717, 1.165) is 0 Å². The summed E-state index contributed by atoms with van der Waals surface area (Å²) in [6, 6.07) is 18.0. The van der Waals surface area contributed by atoms with Gasteiger partial charge in [0, 0.05) is 11.1 Å². The number of sulfonamides is 2. The predicted molar refractivity (Wildman–Crippen MR) is 110 cm³/mol. The highest BCUT2D eigenvalue weighted by molar-refractivity contribution is 7.89. The summed E-state index contributed by atoms with van der Waals surface area (Å²) in [4.78, 5) is -0.133. The first kappa shape index (κ1) is 19.3. The predicted octanol–water partition coefficient (Wildman–Crippen LogP) is 1.83. The SMILES string of the molecule is NS(=O)(=O)c1ccc2c(c1)C(=NNc1ccccc1)c1cc(S(N)(=O)=O)ccc1-2. The van der Waals surface area contributed by atoms with Crippen molar-refractivity contribution in [3.05, 3.63) is 77.9 Å². The van der Waals surface area contributed by atoms with Gasteiger partial charge in [0.2, 0.25) is 20.0 Å². The Morgan fingerprint density at radius 1 is 0.655 bits per heavy atom. The van der Waals surface area contributed by atoms with E-state index in [1.807, 2.05) is 30.3 Å². The van der Waals surface area contributed by atoms with E-state index in [-0.39, 0.29) is 9.79 Å². The summed E-state index contributed by atoms with van der Waals surface area (Å²) in [6.07, 6.45) is 0. The Morgan fingerprint density at radius 3 is 1.59 bits per heavy atom. The van der Waals surface area contributed by atoms with Crippen molar-refractivity contribution in [2.45, 2.75) is 9.79 Å². The van der Waals surface area contributed by atoms with Gasteiger partial charge in [-0.2, -0.15) is 5.10 Å². The lowest BCUT2D eigenvalue weighted by molar-refractivity contribution is 0.596. The fraction of sp³-hybridized carbons (Fsp3) is 0. The molecule has 0 radical (unpaired) electrons. The number of nitrogens with one attached hydrogen (secondary N) is 1. The highest BCUT2D eigenvalue weighted by atomic mass is 32.2. The minimum absolute atomic E-state index is 0.0665. The Morgan fingerprint density at radius 2 is 1.14 bits per heavy atom. The quantitative estimate of drug-likeness (QED) is 0.425. The molecular weight excluding hydrogens is 412 g/mol. The first-order valence-corrected chi connectivity index (χ1v) is 11.5. The van der Waals surface area contributed by atoms with Crippen LogP contribution in [0.25, 0.3) is 11.1 Å². The lowest BCUT2D eigenvalue weighted by Crippen LogP contribution is -2.14. The zero-order valence-electron chi connectivity index (χ0n) is 14.9. The molecule has 0 fully saturated rings. The van der Waals surface area contributed by atoms with E-state index in [0.29, 0.717) is 33.7 Å². The molecule has 0 heterocycles. The summed E-state index contributed by atoms with van der Waals surface area (Å²) >= 11 is 0. The zero-order valence-corrected chi connectivity index (χ0v) is 16.5. The van der Waals surface area contributed by atoms with Gasteiger partial charge in [0.05, 0.1) is 21.2 Å². The average molecular weight is 428 g/mol. The summed E-state index contributed by atoms with van der Waals surface area (Å²) in [5.41, 5.74) is 6.45. The molecule has 8 nitrogen and oxygen atoms in total. The third-order valence-corrected chi connectivity index (χ3v) is 6.33. The third-order valence-electron chi connectivity index (χ3n) is 4.51. The van der Waals surface area contributed by atoms with Crippen LogP contribution in [0.15, 0.2) is 81.6 Å². The molecule has 4 rings (SSSR count). The topological polar surface area (TPSA) is 145 Å². The van der Waals surface area contributed by atoms with E-state index in [9.17, 15) is 16.8 Å². The van der Waals surface area contributed by atoms with Gasteiger partial charge < -0.3 is 0 Å². The fourth-order valence-corrected chi connectivity index (χ4v) is 4.24. The number of primary sulfonamides is 2. The number of hydrazone groups is 1. The minimum atomic E-state index is -3.92. The number of anilines is 1. The van der Waals surface area contributed by atoms with Gasteiger partial charge in [-0.15, -0.1) is 0 Å². The van der Waals surface area contributed by atoms with Crippen LogP contribution in [0.2, 0.25) is 0 Å². The van der Waals surface area contributed by atoms with Crippen molar-refractivity contribution in [2.75, 3.05) is 5.43 Å². The molecule has 0 amide bonds. The summed E-state index contributed by atoms with van der Waals surface area (Å²) in [6.45, 7) is 0. The maximum Gasteiger partial charge on any atom is 0.238 e. The van der Waals surface area contributed by atoms with E-state index < -0.39 is 20.0 Å². The number of hydrogen-bond acceptors (Lipinski definition) is 6. The van der Waals surface area contributed by atoms with Gasteiger partial charge in [-0.1, -0.05) is 30.3 Å². The fourth-order valence-electron chi connectivity index (χ4n) is 3.16.